The molecular formula is C14H24N4. The molecule has 1 aromatic rings. The Bertz CT molecular complexity index is 363. The lowest BCUT2D eigenvalue weighted by Crippen LogP contribution is -2.39. The Hall–Kier alpha value is -1.13. The molecule has 0 amide bonds. The topological polar surface area (TPSA) is 45.4 Å². The average Bonchev–Trinajstić information content (AvgIpc) is 2.86. The number of hydrogen-bond acceptors (Lipinski definition) is 4. The molecule has 0 radical (unpaired) electrons. The highest BCUT2D eigenvalue weighted by Crippen LogP contribution is 2.19. The van der Waals surface area contributed by atoms with Crippen molar-refractivity contribution in [2.24, 2.45) is 5.73 Å². The van der Waals surface area contributed by atoms with Crippen molar-refractivity contribution in [3.8, 4) is 0 Å². The van der Waals surface area contributed by atoms with E-state index < -0.39 is 0 Å². The van der Waals surface area contributed by atoms with E-state index in [0.29, 0.717) is 12.6 Å². The van der Waals surface area contributed by atoms with Crippen LogP contribution in [0, 0.1) is 0 Å². The largest absolute Gasteiger partial charge is 0.358 e. The first-order chi connectivity index (χ1) is 8.74. The van der Waals surface area contributed by atoms with E-state index in [9.17, 15) is 0 Å². The van der Waals surface area contributed by atoms with Crippen molar-refractivity contribution in [1.29, 1.82) is 0 Å². The highest BCUT2D eigenvalue weighted by molar-refractivity contribution is 5.38. The molecule has 2 heterocycles. The summed E-state index contributed by atoms with van der Waals surface area (Å²) in [6.45, 7) is 6.26. The maximum Gasteiger partial charge on any atom is 0.128 e. The van der Waals surface area contributed by atoms with Crippen molar-refractivity contribution in [3.05, 3.63) is 23.9 Å². The van der Waals surface area contributed by atoms with Gasteiger partial charge in [0.2, 0.25) is 0 Å². The SMILES string of the molecule is CCN1CCCC1CN(C)c1ccc(CN)cn1. The molecule has 0 aliphatic carbocycles. The molecule has 1 aliphatic rings. The van der Waals surface area contributed by atoms with Crippen molar-refractivity contribution < 1.29 is 0 Å². The lowest BCUT2D eigenvalue weighted by atomic mass is 10.2. The fourth-order valence-corrected chi connectivity index (χ4v) is 2.69. The molecule has 0 bridgehead atoms. The minimum atomic E-state index is 0.559. The van der Waals surface area contributed by atoms with Gasteiger partial charge in [-0.15, -0.1) is 0 Å². The van der Waals surface area contributed by atoms with Gasteiger partial charge < -0.3 is 10.6 Å². The predicted octanol–water partition coefficient (Wildman–Crippen LogP) is 1.46. The zero-order valence-corrected chi connectivity index (χ0v) is 11.5. The van der Waals surface area contributed by atoms with Gasteiger partial charge in [-0.2, -0.15) is 0 Å². The molecule has 2 N–H and O–H groups in total. The Morgan fingerprint density at radius 1 is 1.50 bits per heavy atom. The van der Waals surface area contributed by atoms with Crippen LogP contribution in [0.1, 0.15) is 25.3 Å². The molecule has 1 unspecified atom stereocenters. The number of rotatable bonds is 5. The molecule has 18 heavy (non-hydrogen) atoms. The minimum absolute atomic E-state index is 0.559. The molecule has 4 nitrogen and oxygen atoms in total. The normalized spacial score (nSPS) is 20.3. The first-order valence-electron chi connectivity index (χ1n) is 6.84. The van der Waals surface area contributed by atoms with E-state index in [2.05, 4.69) is 40.9 Å². The lowest BCUT2D eigenvalue weighted by Gasteiger charge is -2.28. The summed E-state index contributed by atoms with van der Waals surface area (Å²) in [5.74, 6) is 1.04. The number of aromatic nitrogens is 1. The molecule has 0 spiro atoms. The van der Waals surface area contributed by atoms with E-state index in [4.69, 9.17) is 5.73 Å². The number of hydrogen-bond donors (Lipinski definition) is 1. The van der Waals surface area contributed by atoms with Gasteiger partial charge in [0.1, 0.15) is 5.82 Å². The van der Waals surface area contributed by atoms with E-state index in [-0.39, 0.29) is 0 Å². The molecule has 0 aromatic carbocycles. The number of likely N-dealkylation sites (tertiary alicyclic amines) is 1. The van der Waals surface area contributed by atoms with Crippen LogP contribution < -0.4 is 10.6 Å². The number of nitrogens with zero attached hydrogens (tertiary/aromatic N) is 3. The van der Waals surface area contributed by atoms with Crippen LogP contribution >= 0.6 is 0 Å². The Morgan fingerprint density at radius 2 is 2.33 bits per heavy atom. The molecule has 1 fully saturated rings. The highest BCUT2D eigenvalue weighted by atomic mass is 15.2. The highest BCUT2D eigenvalue weighted by Gasteiger charge is 2.24. The molecule has 4 heteroatoms. The van der Waals surface area contributed by atoms with Gasteiger partial charge in [0.25, 0.3) is 0 Å². The average molecular weight is 248 g/mol. The van der Waals surface area contributed by atoms with Crippen LogP contribution in [-0.2, 0) is 6.54 Å². The second-order valence-corrected chi connectivity index (χ2v) is 5.03. The van der Waals surface area contributed by atoms with Crippen LogP contribution in [0.3, 0.4) is 0 Å². The van der Waals surface area contributed by atoms with E-state index in [1.54, 1.807) is 0 Å². The molecule has 1 saturated heterocycles. The van der Waals surface area contributed by atoms with E-state index in [0.717, 1.165) is 24.5 Å². The molecule has 1 aromatic heterocycles. The van der Waals surface area contributed by atoms with Gasteiger partial charge in [-0.3, -0.25) is 4.90 Å². The Labute approximate surface area is 110 Å². The molecule has 100 valence electrons. The smallest absolute Gasteiger partial charge is 0.128 e. The fourth-order valence-electron chi connectivity index (χ4n) is 2.69. The van der Waals surface area contributed by atoms with Crippen LogP contribution in [0.5, 0.6) is 0 Å². The molecule has 1 atom stereocenters. The quantitative estimate of drug-likeness (QED) is 0.857. The molecular weight excluding hydrogens is 224 g/mol. The molecule has 0 saturated carbocycles. The van der Waals surface area contributed by atoms with Crippen molar-refractivity contribution in [2.45, 2.75) is 32.4 Å². The van der Waals surface area contributed by atoms with E-state index >= 15 is 0 Å². The second-order valence-electron chi connectivity index (χ2n) is 5.03. The summed E-state index contributed by atoms with van der Waals surface area (Å²) in [7, 11) is 2.12. The van der Waals surface area contributed by atoms with E-state index in [1.807, 2.05) is 6.20 Å². The van der Waals surface area contributed by atoms with Gasteiger partial charge in [0.15, 0.2) is 0 Å². The van der Waals surface area contributed by atoms with Gasteiger partial charge in [-0.25, -0.2) is 4.98 Å². The summed E-state index contributed by atoms with van der Waals surface area (Å²) < 4.78 is 0. The fraction of sp³-hybridized carbons (Fsp3) is 0.643. The standard InChI is InChI=1S/C14H24N4/c1-3-18-8-4-5-13(18)11-17(2)14-7-6-12(9-15)10-16-14/h6-7,10,13H,3-5,8-9,11,15H2,1-2H3. The van der Waals surface area contributed by atoms with Crippen LogP contribution in [0.2, 0.25) is 0 Å². The Balaban J connectivity index is 1.95. The van der Waals surface area contributed by atoms with Gasteiger partial charge in [-0.05, 0) is 37.6 Å². The third-order valence-electron chi connectivity index (χ3n) is 3.83. The van der Waals surface area contributed by atoms with E-state index in [1.165, 1.54) is 19.4 Å². The maximum atomic E-state index is 5.58. The van der Waals surface area contributed by atoms with Crippen molar-refractivity contribution in [3.63, 3.8) is 0 Å². The summed E-state index contributed by atoms with van der Waals surface area (Å²) in [5, 5.41) is 0. The Kier molecular flexibility index (Phi) is 4.55. The van der Waals surface area contributed by atoms with Crippen LogP contribution in [-0.4, -0.2) is 42.6 Å². The first-order valence-corrected chi connectivity index (χ1v) is 6.84. The van der Waals surface area contributed by atoms with Crippen molar-refractivity contribution in [2.75, 3.05) is 31.6 Å². The zero-order chi connectivity index (χ0) is 13.0. The first kappa shape index (κ1) is 13.3. The van der Waals surface area contributed by atoms with Crippen LogP contribution in [0.4, 0.5) is 5.82 Å². The Morgan fingerprint density at radius 3 is 2.94 bits per heavy atom. The summed E-state index contributed by atoms with van der Waals surface area (Å²) in [6.07, 6.45) is 4.50. The third-order valence-corrected chi connectivity index (χ3v) is 3.83. The number of nitrogens with two attached hydrogens (primary N) is 1. The maximum absolute atomic E-state index is 5.58. The van der Waals surface area contributed by atoms with Crippen molar-refractivity contribution in [1.82, 2.24) is 9.88 Å². The predicted molar refractivity (Wildman–Crippen MR) is 75.7 cm³/mol. The second kappa shape index (κ2) is 6.16. The van der Waals surface area contributed by atoms with Gasteiger partial charge >= 0.3 is 0 Å². The zero-order valence-electron chi connectivity index (χ0n) is 11.5. The summed E-state index contributed by atoms with van der Waals surface area (Å²) in [6, 6.07) is 4.80. The summed E-state index contributed by atoms with van der Waals surface area (Å²) in [4.78, 5) is 9.28. The lowest BCUT2D eigenvalue weighted by molar-refractivity contribution is 0.270. The van der Waals surface area contributed by atoms with Crippen molar-refractivity contribution >= 4 is 5.82 Å². The molecule has 1 aliphatic heterocycles. The van der Waals surface area contributed by atoms with Crippen LogP contribution in [0.25, 0.3) is 0 Å². The monoisotopic (exact) mass is 248 g/mol. The number of pyridine rings is 1. The summed E-state index contributed by atoms with van der Waals surface area (Å²) in [5.41, 5.74) is 6.67. The van der Waals surface area contributed by atoms with Gasteiger partial charge in [0, 0.05) is 32.4 Å². The van der Waals surface area contributed by atoms with Gasteiger partial charge in [-0.1, -0.05) is 13.0 Å². The third kappa shape index (κ3) is 3.00. The number of anilines is 1. The molecule has 2 rings (SSSR count). The van der Waals surface area contributed by atoms with Gasteiger partial charge in [0.05, 0.1) is 0 Å². The minimum Gasteiger partial charge on any atom is -0.358 e. The number of likely N-dealkylation sites (N-methyl/N-ethyl adjacent to an activating group) is 2. The van der Waals surface area contributed by atoms with Crippen LogP contribution in [0.15, 0.2) is 18.3 Å². The summed E-state index contributed by atoms with van der Waals surface area (Å²) >= 11 is 0.